The molecule has 43 heavy (non-hydrogen) atoms. The van der Waals surface area contributed by atoms with E-state index in [2.05, 4.69) is 30.9 Å². The quantitative estimate of drug-likeness (QED) is 0.256. The summed E-state index contributed by atoms with van der Waals surface area (Å²) in [5.74, 6) is -1.16. The average Bonchev–Trinajstić information content (AvgIpc) is 3.30. The lowest BCUT2D eigenvalue weighted by Crippen LogP contribution is -2.30. The molecule has 0 spiro atoms. The van der Waals surface area contributed by atoms with Gasteiger partial charge in [0, 0.05) is 31.9 Å². The van der Waals surface area contributed by atoms with Gasteiger partial charge in [0.1, 0.15) is 5.69 Å². The molecular formula is C27H23ClF3N9O3. The number of fused-ring (bicyclic) bond motifs is 1. The average molecular weight is 614 g/mol. The summed E-state index contributed by atoms with van der Waals surface area (Å²) in [6, 6.07) is 8.54. The number of hydrogen-bond donors (Lipinski definition) is 2. The van der Waals surface area contributed by atoms with Gasteiger partial charge < -0.3 is 15.4 Å². The molecule has 0 bridgehead atoms. The Kier molecular flexibility index (Phi) is 7.04. The summed E-state index contributed by atoms with van der Waals surface area (Å²) in [7, 11) is 1.27. The van der Waals surface area contributed by atoms with E-state index in [0.29, 0.717) is 29.6 Å². The highest BCUT2D eigenvalue weighted by Crippen LogP contribution is 2.33. The highest BCUT2D eigenvalue weighted by Gasteiger charge is 2.35. The second kappa shape index (κ2) is 10.7. The Morgan fingerprint density at radius 1 is 1.12 bits per heavy atom. The van der Waals surface area contributed by atoms with Gasteiger partial charge in [0.15, 0.2) is 17.2 Å². The largest absolute Gasteiger partial charge is 0.435 e. The van der Waals surface area contributed by atoms with Crippen LogP contribution in [-0.4, -0.2) is 52.5 Å². The van der Waals surface area contributed by atoms with Crippen molar-refractivity contribution in [3.05, 3.63) is 76.5 Å². The first kappa shape index (κ1) is 28.2. The van der Waals surface area contributed by atoms with Crippen LogP contribution in [0, 0.1) is 12.8 Å². The topological polar surface area (TPSA) is 133 Å². The lowest BCUT2D eigenvalue weighted by Gasteiger charge is -2.16. The Hall–Kier alpha value is -4.92. The molecule has 1 aliphatic carbocycles. The van der Waals surface area contributed by atoms with E-state index in [1.54, 1.807) is 31.3 Å². The van der Waals surface area contributed by atoms with Crippen LogP contribution in [0.2, 0.25) is 5.02 Å². The Morgan fingerprint density at radius 3 is 2.60 bits per heavy atom. The molecule has 0 radical (unpaired) electrons. The SMILES string of the molecule is Cc1cc2ccnn2c(C(=O)NCC2CC2)c1NC(=O)c1cc(Oc2cc(C(F)(F)F)nn2C)nn1-c1ncccc1Cl. The number of aromatic nitrogens is 7. The van der Waals surface area contributed by atoms with Crippen molar-refractivity contribution in [1.82, 2.24) is 39.5 Å². The molecule has 2 N–H and O–H groups in total. The number of alkyl halides is 3. The molecule has 0 aliphatic heterocycles. The number of aryl methyl sites for hydroxylation is 2. The molecule has 6 rings (SSSR count). The van der Waals surface area contributed by atoms with E-state index in [-0.39, 0.29) is 39.7 Å². The summed E-state index contributed by atoms with van der Waals surface area (Å²) >= 11 is 6.35. The smallest absolute Gasteiger partial charge is 0.419 e. The number of halogens is 4. The predicted molar refractivity (Wildman–Crippen MR) is 148 cm³/mol. The van der Waals surface area contributed by atoms with Crippen LogP contribution in [0.15, 0.2) is 48.8 Å². The van der Waals surface area contributed by atoms with Crippen molar-refractivity contribution in [3.8, 4) is 17.6 Å². The highest BCUT2D eigenvalue weighted by atomic mass is 35.5. The fourth-order valence-corrected chi connectivity index (χ4v) is 4.64. The normalized spacial score (nSPS) is 13.3. The van der Waals surface area contributed by atoms with E-state index in [9.17, 15) is 22.8 Å². The van der Waals surface area contributed by atoms with Crippen molar-refractivity contribution in [2.75, 3.05) is 11.9 Å². The van der Waals surface area contributed by atoms with Gasteiger partial charge in [0.2, 0.25) is 11.8 Å². The molecule has 12 nitrogen and oxygen atoms in total. The number of ether oxygens (including phenoxy) is 1. The predicted octanol–water partition coefficient (Wildman–Crippen LogP) is 4.81. The van der Waals surface area contributed by atoms with Crippen molar-refractivity contribution < 1.29 is 27.5 Å². The second-order valence-corrected chi connectivity index (χ2v) is 10.4. The maximum atomic E-state index is 13.8. The number of pyridine rings is 2. The van der Waals surface area contributed by atoms with Gasteiger partial charge in [-0.3, -0.25) is 9.59 Å². The first-order valence-corrected chi connectivity index (χ1v) is 13.4. The maximum Gasteiger partial charge on any atom is 0.435 e. The molecule has 0 atom stereocenters. The minimum atomic E-state index is -4.69. The Bertz CT molecular complexity index is 1870. The van der Waals surface area contributed by atoms with Crippen LogP contribution in [0.25, 0.3) is 11.3 Å². The number of anilines is 1. The zero-order valence-electron chi connectivity index (χ0n) is 22.7. The van der Waals surface area contributed by atoms with Crippen molar-refractivity contribution in [2.45, 2.75) is 25.9 Å². The van der Waals surface area contributed by atoms with Gasteiger partial charge in [-0.25, -0.2) is 18.9 Å². The monoisotopic (exact) mass is 613 g/mol. The Morgan fingerprint density at radius 2 is 1.91 bits per heavy atom. The highest BCUT2D eigenvalue weighted by molar-refractivity contribution is 6.32. The lowest BCUT2D eigenvalue weighted by molar-refractivity contribution is -0.141. The zero-order chi connectivity index (χ0) is 30.5. The van der Waals surface area contributed by atoms with Crippen LogP contribution >= 0.6 is 11.6 Å². The van der Waals surface area contributed by atoms with E-state index in [1.165, 1.54) is 29.9 Å². The number of amides is 2. The summed E-state index contributed by atoms with van der Waals surface area (Å²) < 4.78 is 48.6. The molecule has 0 aromatic carbocycles. The summed E-state index contributed by atoms with van der Waals surface area (Å²) in [4.78, 5) is 31.4. The zero-order valence-corrected chi connectivity index (χ0v) is 23.4. The minimum Gasteiger partial charge on any atom is -0.419 e. The summed E-state index contributed by atoms with van der Waals surface area (Å²) in [5.41, 5.74) is 0.291. The minimum absolute atomic E-state index is 0.0619. The van der Waals surface area contributed by atoms with Crippen LogP contribution < -0.4 is 15.4 Å². The molecule has 1 aliphatic rings. The van der Waals surface area contributed by atoms with E-state index in [4.69, 9.17) is 16.3 Å². The molecule has 5 aromatic heterocycles. The molecule has 2 amide bonds. The first-order valence-electron chi connectivity index (χ1n) is 13.1. The Balaban J connectivity index is 1.39. The number of nitrogens with one attached hydrogen (secondary N) is 2. The van der Waals surface area contributed by atoms with Gasteiger partial charge in [0.25, 0.3) is 11.8 Å². The van der Waals surface area contributed by atoms with Gasteiger partial charge in [-0.05, 0) is 55.5 Å². The van der Waals surface area contributed by atoms with E-state index in [0.717, 1.165) is 22.2 Å². The molecule has 1 fully saturated rings. The van der Waals surface area contributed by atoms with Gasteiger partial charge >= 0.3 is 6.18 Å². The van der Waals surface area contributed by atoms with Gasteiger partial charge in [0.05, 0.1) is 22.4 Å². The van der Waals surface area contributed by atoms with Crippen molar-refractivity contribution in [1.29, 1.82) is 0 Å². The molecule has 222 valence electrons. The number of hydrogen-bond acceptors (Lipinski definition) is 7. The molecule has 16 heteroatoms. The van der Waals surface area contributed by atoms with Crippen molar-refractivity contribution >= 4 is 34.6 Å². The summed E-state index contributed by atoms with van der Waals surface area (Å²) in [5, 5.41) is 17.8. The fraction of sp³-hybridized carbons (Fsp3) is 0.259. The van der Waals surface area contributed by atoms with E-state index in [1.807, 2.05) is 0 Å². The van der Waals surface area contributed by atoms with Crippen molar-refractivity contribution in [2.24, 2.45) is 13.0 Å². The van der Waals surface area contributed by atoms with E-state index < -0.39 is 23.7 Å². The molecule has 5 aromatic rings. The molecule has 0 unspecified atom stereocenters. The van der Waals surface area contributed by atoms with Crippen LogP contribution in [-0.2, 0) is 13.2 Å². The first-order chi connectivity index (χ1) is 20.5. The van der Waals surface area contributed by atoms with Gasteiger partial charge in [-0.2, -0.15) is 23.4 Å². The molecule has 0 saturated heterocycles. The number of carbonyl (C=O) groups excluding carboxylic acids is 2. The third-order valence-electron chi connectivity index (χ3n) is 6.78. The number of carbonyl (C=O) groups is 2. The maximum absolute atomic E-state index is 13.8. The second-order valence-electron chi connectivity index (χ2n) is 10.0. The standard InChI is InChI=1S/C27H23ClF3N9O3/c1-14-10-16-7-9-34-39(16)23(26(42)33-13-15-5-6-15)22(14)35-25(41)18-11-20(37-40(18)24-17(28)4-3-8-32-24)43-21-12-19(27(29,30)31)36-38(21)2/h3-4,7-12,15H,5-6,13H2,1-2H3,(H,33,42)(H,35,41). The summed E-state index contributed by atoms with van der Waals surface area (Å²) in [6.07, 6.45) is 0.356. The van der Waals surface area contributed by atoms with E-state index >= 15 is 0 Å². The van der Waals surface area contributed by atoms with Gasteiger partial charge in [-0.15, -0.1) is 5.10 Å². The molecular weight excluding hydrogens is 591 g/mol. The van der Waals surface area contributed by atoms with Crippen molar-refractivity contribution in [3.63, 3.8) is 0 Å². The lowest BCUT2D eigenvalue weighted by atomic mass is 10.1. The molecule has 1 saturated carbocycles. The van der Waals surface area contributed by atoms with Crippen LogP contribution in [0.3, 0.4) is 0 Å². The number of rotatable bonds is 8. The third-order valence-corrected chi connectivity index (χ3v) is 7.07. The van der Waals surface area contributed by atoms with Crippen LogP contribution in [0.5, 0.6) is 11.8 Å². The van der Waals surface area contributed by atoms with Crippen LogP contribution in [0.1, 0.15) is 45.1 Å². The fourth-order valence-electron chi connectivity index (χ4n) is 4.44. The number of nitrogens with zero attached hydrogens (tertiary/aromatic N) is 7. The van der Waals surface area contributed by atoms with Gasteiger partial charge in [-0.1, -0.05) is 11.6 Å². The van der Waals surface area contributed by atoms with Crippen LogP contribution in [0.4, 0.5) is 18.9 Å². The Labute approximate surface area is 246 Å². The molecule has 5 heterocycles. The third kappa shape index (κ3) is 5.62. The summed E-state index contributed by atoms with van der Waals surface area (Å²) in [6.45, 7) is 2.24.